The van der Waals surface area contributed by atoms with Gasteiger partial charge in [0.2, 0.25) is 0 Å². The first-order chi connectivity index (χ1) is 22.4. The van der Waals surface area contributed by atoms with E-state index < -0.39 is 35.0 Å². The molecule has 3 aromatic carbocycles. The lowest BCUT2D eigenvalue weighted by Crippen LogP contribution is -2.41. The predicted octanol–water partition coefficient (Wildman–Crippen LogP) is 6.50. The number of aromatic nitrogens is 1. The van der Waals surface area contributed by atoms with Crippen LogP contribution in [-0.2, 0) is 16.1 Å². The van der Waals surface area contributed by atoms with Crippen LogP contribution < -0.4 is 24.4 Å². The number of rotatable bonds is 9. The third-order valence-corrected chi connectivity index (χ3v) is 8.39. The summed E-state index contributed by atoms with van der Waals surface area (Å²) in [6.45, 7) is 3.41. The number of carbonyl (C=O) groups excluding carboxylic acids is 1. The van der Waals surface area contributed by atoms with E-state index in [4.69, 9.17) is 42.7 Å². The Kier molecular flexibility index (Phi) is 10.1. The maximum absolute atomic E-state index is 14.4. The zero-order valence-electron chi connectivity index (χ0n) is 24.7. The lowest BCUT2D eigenvalue weighted by Gasteiger charge is -2.26. The average molecular weight is 703 g/mol. The maximum Gasteiger partial charge on any atom is 0.434 e. The Balaban J connectivity index is 1.63. The van der Waals surface area contributed by atoms with Crippen molar-refractivity contribution in [3.63, 3.8) is 0 Å². The van der Waals surface area contributed by atoms with Crippen molar-refractivity contribution < 1.29 is 32.2 Å². The topological polar surface area (TPSA) is 103 Å². The number of carbonyl (C=O) groups is 1. The molecule has 242 valence electrons. The molecule has 0 unspecified atom stereocenters. The molecule has 14 heteroatoms. The van der Waals surface area contributed by atoms with Gasteiger partial charge in [-0.15, -0.1) is 0 Å². The molecule has 1 atom stereocenters. The summed E-state index contributed by atoms with van der Waals surface area (Å²) in [7, 11) is 0. The van der Waals surface area contributed by atoms with Gasteiger partial charge in [-0.1, -0.05) is 58.8 Å². The fourth-order valence-corrected chi connectivity index (χ4v) is 6.26. The third-order valence-electron chi connectivity index (χ3n) is 6.88. The Hall–Kier alpha value is -4.57. The van der Waals surface area contributed by atoms with Crippen molar-refractivity contribution >= 4 is 46.6 Å². The van der Waals surface area contributed by atoms with Crippen LogP contribution in [0, 0.1) is 11.3 Å². The third kappa shape index (κ3) is 7.22. The highest BCUT2D eigenvalue weighted by atomic mass is 35.5. The van der Waals surface area contributed by atoms with E-state index in [0.717, 1.165) is 21.5 Å². The van der Waals surface area contributed by atoms with Crippen LogP contribution >= 0.6 is 34.5 Å². The molecule has 0 aliphatic carbocycles. The largest absolute Gasteiger partial charge is 0.490 e. The Morgan fingerprint density at radius 1 is 1.06 bits per heavy atom. The average Bonchev–Trinajstić information content (AvgIpc) is 3.34. The van der Waals surface area contributed by atoms with Crippen LogP contribution in [0.5, 0.6) is 11.5 Å². The van der Waals surface area contributed by atoms with E-state index >= 15 is 0 Å². The van der Waals surface area contributed by atoms with E-state index in [2.05, 4.69) is 11.1 Å². The molecule has 8 nitrogen and oxygen atoms in total. The van der Waals surface area contributed by atoms with Crippen LogP contribution in [0.15, 0.2) is 81.7 Å². The van der Waals surface area contributed by atoms with Gasteiger partial charge in [0.05, 0.1) is 46.0 Å². The monoisotopic (exact) mass is 701 g/mol. The molecule has 2 heterocycles. The van der Waals surface area contributed by atoms with Gasteiger partial charge < -0.3 is 14.2 Å². The van der Waals surface area contributed by atoms with Gasteiger partial charge in [-0.05, 0) is 73.0 Å². The van der Waals surface area contributed by atoms with E-state index in [9.17, 15) is 22.8 Å². The van der Waals surface area contributed by atoms with Crippen LogP contribution in [0.3, 0.4) is 0 Å². The molecule has 1 aromatic heterocycles. The Morgan fingerprint density at radius 2 is 1.77 bits per heavy atom. The fraction of sp³-hybridized carbons (Fsp3) is 0.212. The number of nitriles is 1. The van der Waals surface area contributed by atoms with Gasteiger partial charge in [-0.2, -0.15) is 18.4 Å². The van der Waals surface area contributed by atoms with Crippen LogP contribution in [0.4, 0.5) is 13.2 Å². The fourth-order valence-electron chi connectivity index (χ4n) is 4.86. The molecule has 0 amide bonds. The highest BCUT2D eigenvalue weighted by Crippen LogP contribution is 2.39. The van der Waals surface area contributed by atoms with E-state index in [-0.39, 0.29) is 51.2 Å². The van der Waals surface area contributed by atoms with Crippen LogP contribution in [-0.4, -0.2) is 29.9 Å². The minimum absolute atomic E-state index is 0.0270. The molecule has 1 aliphatic heterocycles. The zero-order chi connectivity index (χ0) is 33.9. The molecule has 0 bridgehead atoms. The van der Waals surface area contributed by atoms with Gasteiger partial charge in [-0.3, -0.25) is 9.36 Å². The van der Waals surface area contributed by atoms with Gasteiger partial charge in [0.25, 0.3) is 5.56 Å². The number of halogens is 5. The summed E-state index contributed by atoms with van der Waals surface area (Å²) in [5, 5.41) is 9.49. The van der Waals surface area contributed by atoms with Crippen LogP contribution in [0.1, 0.15) is 42.1 Å². The first-order valence-corrected chi connectivity index (χ1v) is 15.7. The predicted molar refractivity (Wildman–Crippen MR) is 170 cm³/mol. The first-order valence-electron chi connectivity index (χ1n) is 14.1. The number of esters is 1. The second-order valence-electron chi connectivity index (χ2n) is 9.98. The van der Waals surface area contributed by atoms with Crippen molar-refractivity contribution in [2.75, 3.05) is 13.2 Å². The van der Waals surface area contributed by atoms with Crippen LogP contribution in [0.2, 0.25) is 10.0 Å². The quantitative estimate of drug-likeness (QED) is 0.185. The summed E-state index contributed by atoms with van der Waals surface area (Å²) in [5.74, 6) is -0.730. The van der Waals surface area contributed by atoms with Gasteiger partial charge in [0.15, 0.2) is 22.0 Å². The molecule has 0 radical (unpaired) electrons. The highest BCUT2D eigenvalue weighted by Gasteiger charge is 2.45. The molecule has 0 spiro atoms. The molecular weight excluding hydrogens is 678 g/mol. The van der Waals surface area contributed by atoms with E-state index in [1.165, 1.54) is 43.3 Å². The number of benzene rings is 3. The SMILES string of the molecule is CCOC(=O)C1=C(C(F)(F)F)N=c2s/c(=C\c3cc(Cl)c(OCc4ccc(C#N)cc4)c(OCC)c3)c(=O)n2[C@@H]1c1ccc(Cl)cc1. The van der Waals surface area contributed by atoms with Crippen molar-refractivity contribution in [1.29, 1.82) is 5.26 Å². The zero-order valence-corrected chi connectivity index (χ0v) is 27.1. The minimum Gasteiger partial charge on any atom is -0.490 e. The van der Waals surface area contributed by atoms with Crippen molar-refractivity contribution in [3.05, 3.63) is 124 Å². The summed E-state index contributed by atoms with van der Waals surface area (Å²) in [4.78, 5) is 30.4. The number of nitrogens with zero attached hydrogens (tertiary/aromatic N) is 3. The normalized spacial score (nSPS) is 14.7. The minimum atomic E-state index is -5.03. The summed E-state index contributed by atoms with van der Waals surface area (Å²) < 4.78 is 60.9. The number of ether oxygens (including phenoxy) is 3. The highest BCUT2D eigenvalue weighted by molar-refractivity contribution is 7.07. The van der Waals surface area contributed by atoms with E-state index in [1.807, 2.05) is 0 Å². The number of hydrogen-bond acceptors (Lipinski definition) is 8. The molecule has 0 N–H and O–H groups in total. The lowest BCUT2D eigenvalue weighted by molar-refractivity contribution is -0.140. The molecule has 5 rings (SSSR count). The molecule has 47 heavy (non-hydrogen) atoms. The van der Waals surface area contributed by atoms with E-state index in [0.29, 0.717) is 16.1 Å². The number of alkyl halides is 3. The Morgan fingerprint density at radius 3 is 2.38 bits per heavy atom. The van der Waals surface area contributed by atoms with Gasteiger partial charge in [0, 0.05) is 5.02 Å². The summed E-state index contributed by atoms with van der Waals surface area (Å²) in [6.07, 6.45) is -3.59. The summed E-state index contributed by atoms with van der Waals surface area (Å²) in [6, 6.07) is 16.3. The van der Waals surface area contributed by atoms with Crippen molar-refractivity contribution in [3.8, 4) is 17.6 Å². The maximum atomic E-state index is 14.4. The number of fused-ring (bicyclic) bond motifs is 1. The Labute approximate surface area is 280 Å². The molecular formula is C33H24Cl2F3N3O5S. The Bertz CT molecular complexity index is 2080. The number of thiazole rings is 1. The molecule has 0 saturated heterocycles. The van der Waals surface area contributed by atoms with Crippen LogP contribution in [0.25, 0.3) is 6.08 Å². The molecule has 0 saturated carbocycles. The second kappa shape index (κ2) is 14.0. The second-order valence-corrected chi connectivity index (χ2v) is 11.8. The lowest BCUT2D eigenvalue weighted by atomic mass is 9.95. The molecule has 0 fully saturated rings. The first kappa shape index (κ1) is 33.8. The summed E-state index contributed by atoms with van der Waals surface area (Å²) >= 11 is 13.4. The molecule has 4 aromatic rings. The number of allylic oxidation sites excluding steroid dienone is 1. The van der Waals surface area contributed by atoms with Crippen molar-refractivity contribution in [2.45, 2.75) is 32.7 Å². The standard InChI is InChI=1S/C33H24Cl2F3N3O5S/c1-3-44-24-14-20(13-23(35)28(24)46-17-19-7-5-18(16-39)6-8-19)15-25-30(42)41-27(21-9-11-22(34)12-10-21)26(31(43)45-4-2)29(33(36,37)38)40-32(41)47-25/h5-15,27H,3-4,17H2,1-2H3/b25-15-/t27-/m1/s1. The van der Waals surface area contributed by atoms with Crippen molar-refractivity contribution in [2.24, 2.45) is 4.99 Å². The molecule has 1 aliphatic rings. The van der Waals surface area contributed by atoms with Crippen molar-refractivity contribution in [1.82, 2.24) is 4.57 Å². The van der Waals surface area contributed by atoms with E-state index in [1.54, 1.807) is 37.3 Å². The van der Waals surface area contributed by atoms with Gasteiger partial charge in [-0.25, -0.2) is 9.79 Å². The number of hydrogen-bond donors (Lipinski definition) is 0. The summed E-state index contributed by atoms with van der Waals surface area (Å²) in [5.41, 5.74) is -1.07. The van der Waals surface area contributed by atoms with Gasteiger partial charge in [0.1, 0.15) is 6.61 Å². The van der Waals surface area contributed by atoms with Gasteiger partial charge >= 0.3 is 12.1 Å². The smallest absolute Gasteiger partial charge is 0.434 e.